The van der Waals surface area contributed by atoms with Crippen LogP contribution in [0.2, 0.25) is 0 Å². The summed E-state index contributed by atoms with van der Waals surface area (Å²) in [4.78, 5) is 0. The zero-order valence-electron chi connectivity index (χ0n) is 32.5. The van der Waals surface area contributed by atoms with Gasteiger partial charge in [0.05, 0.1) is 0 Å². The van der Waals surface area contributed by atoms with Gasteiger partial charge in [0.25, 0.3) is 0 Å². The van der Waals surface area contributed by atoms with Crippen LogP contribution in [0.15, 0.2) is 168 Å². The van der Waals surface area contributed by atoms with Gasteiger partial charge in [0, 0.05) is 10.8 Å². The summed E-state index contributed by atoms with van der Waals surface area (Å²) < 4.78 is 6.66. The van der Waals surface area contributed by atoms with Gasteiger partial charge in [-0.2, -0.15) is 0 Å². The van der Waals surface area contributed by atoms with Crippen LogP contribution in [0.3, 0.4) is 0 Å². The number of hydrogen-bond donors (Lipinski definition) is 0. The van der Waals surface area contributed by atoms with Crippen LogP contribution in [-0.2, 0) is 0 Å². The first-order valence-corrected chi connectivity index (χ1v) is 19.6. The van der Waals surface area contributed by atoms with E-state index < -0.39 is 0 Å². The van der Waals surface area contributed by atoms with Crippen molar-refractivity contribution in [1.82, 2.24) is 0 Å². The fraction of sp³-hybridized carbons (Fsp3) is 0. The summed E-state index contributed by atoms with van der Waals surface area (Å²) in [6.45, 7) is 0. The Bertz CT molecular complexity index is 3140. The minimum atomic E-state index is 0.900. The summed E-state index contributed by atoms with van der Waals surface area (Å²) >= 11 is 0. The second-order valence-corrected chi connectivity index (χ2v) is 15.4. The molecule has 1 aromatic heterocycles. The summed E-state index contributed by atoms with van der Waals surface area (Å²) in [7, 11) is 11.2. The highest BCUT2D eigenvalue weighted by Gasteiger charge is 2.20. The van der Waals surface area contributed by atoms with Gasteiger partial charge in [-0.25, -0.2) is 0 Å². The van der Waals surface area contributed by atoms with E-state index in [1.165, 1.54) is 104 Å². The van der Waals surface area contributed by atoms with E-state index in [1.54, 1.807) is 0 Å². The molecule has 0 amide bonds. The van der Waals surface area contributed by atoms with Gasteiger partial charge < -0.3 is 4.42 Å². The third-order valence-corrected chi connectivity index (χ3v) is 12.4. The lowest BCUT2D eigenvalue weighted by molar-refractivity contribution is 0.669. The Morgan fingerprint density at radius 3 is 1.21 bits per heavy atom. The lowest BCUT2D eigenvalue weighted by atomic mass is 9.59. The molecule has 0 saturated heterocycles. The zero-order valence-corrected chi connectivity index (χ0v) is 32.5. The van der Waals surface area contributed by atoms with E-state index in [1.807, 2.05) is 0 Å². The van der Waals surface area contributed by atoms with E-state index in [2.05, 4.69) is 203 Å². The average Bonchev–Trinajstić information content (AvgIpc) is 3.62. The Morgan fingerprint density at radius 2 is 0.661 bits per heavy atom. The lowest BCUT2D eigenvalue weighted by Gasteiger charge is -2.20. The van der Waals surface area contributed by atoms with Crippen molar-refractivity contribution < 1.29 is 4.42 Å². The molecule has 1 heterocycles. The van der Waals surface area contributed by atoms with Gasteiger partial charge in [0.15, 0.2) is 0 Å². The van der Waals surface area contributed by atoms with Crippen molar-refractivity contribution in [2.24, 2.45) is 0 Å². The first kappa shape index (κ1) is 34.1. The molecule has 0 saturated carbocycles. The van der Waals surface area contributed by atoms with E-state index in [4.69, 9.17) is 4.42 Å². The molecule has 0 fully saturated rings. The first-order chi connectivity index (χ1) is 27.4. The van der Waals surface area contributed by atoms with E-state index in [0.717, 1.165) is 21.9 Å². The molecule has 10 rings (SSSR count). The van der Waals surface area contributed by atoms with Gasteiger partial charge in [-0.05, 0) is 114 Å². The molecular formula is C50H37B5O. The smallest absolute Gasteiger partial charge is 0.139 e. The molecule has 0 N–H and O–H groups in total. The maximum atomic E-state index is 6.66. The van der Waals surface area contributed by atoms with Gasteiger partial charge in [0.1, 0.15) is 50.4 Å². The van der Waals surface area contributed by atoms with E-state index in [9.17, 15) is 0 Å². The zero-order chi connectivity index (χ0) is 38.1. The number of benzene rings is 9. The summed E-state index contributed by atoms with van der Waals surface area (Å²) in [5.74, 6) is 0. The number of hydrogen-bond acceptors (Lipinski definition) is 1. The molecule has 10 aromatic rings. The summed E-state index contributed by atoms with van der Waals surface area (Å²) in [6, 6.07) is 59.9. The van der Waals surface area contributed by atoms with Crippen LogP contribution in [0.4, 0.5) is 0 Å². The minimum absolute atomic E-state index is 0.900. The quantitative estimate of drug-likeness (QED) is 0.170. The van der Waals surface area contributed by atoms with Crippen LogP contribution in [0, 0.1) is 0 Å². The molecule has 1 nitrogen and oxygen atoms in total. The molecule has 0 aliphatic carbocycles. The van der Waals surface area contributed by atoms with E-state index in [-0.39, 0.29) is 0 Å². The van der Waals surface area contributed by atoms with Gasteiger partial charge in [-0.3, -0.25) is 0 Å². The molecule has 0 aliphatic rings. The minimum Gasteiger partial charge on any atom is -0.456 e. The Kier molecular flexibility index (Phi) is 8.19. The molecule has 9 aromatic carbocycles. The van der Waals surface area contributed by atoms with Crippen LogP contribution in [0.25, 0.3) is 99.1 Å². The molecule has 56 heavy (non-hydrogen) atoms. The molecule has 0 unspecified atom stereocenters. The third-order valence-electron chi connectivity index (χ3n) is 12.4. The third kappa shape index (κ3) is 5.47. The Balaban J connectivity index is 1.25. The predicted octanol–water partition coefficient (Wildman–Crippen LogP) is 5.52. The van der Waals surface area contributed by atoms with Crippen LogP contribution < -0.4 is 27.3 Å². The second kappa shape index (κ2) is 13.4. The average molecular weight is 708 g/mol. The van der Waals surface area contributed by atoms with Crippen molar-refractivity contribution in [2.75, 3.05) is 0 Å². The van der Waals surface area contributed by atoms with Crippen LogP contribution in [0.1, 0.15) is 0 Å². The molecule has 0 spiro atoms. The van der Waals surface area contributed by atoms with Crippen molar-refractivity contribution in [3.05, 3.63) is 164 Å². The lowest BCUT2D eigenvalue weighted by Crippen LogP contribution is -2.55. The molecule has 258 valence electrons. The maximum absolute atomic E-state index is 6.66. The maximum Gasteiger partial charge on any atom is 0.139 e. The fourth-order valence-corrected chi connectivity index (χ4v) is 9.10. The number of fused-ring (bicyclic) bond motifs is 5. The van der Waals surface area contributed by atoms with Crippen molar-refractivity contribution in [3.63, 3.8) is 0 Å². The Hall–Kier alpha value is -6.38. The number of furan rings is 1. The molecule has 6 heteroatoms. The van der Waals surface area contributed by atoms with Gasteiger partial charge >= 0.3 is 0 Å². The largest absolute Gasteiger partial charge is 0.456 e. The van der Waals surface area contributed by atoms with Crippen molar-refractivity contribution >= 4 is 110 Å². The highest BCUT2D eigenvalue weighted by atomic mass is 16.3. The standard InChI is InChI=1S/C50H37B5O/c51-46-45(47(52)49(54)50(55)48(46)53)34-18-20-35-38-26-33(19-23-41(38)56-42(35)27-34)44-37-22-17-31(28-10-4-1-5-11-28)24-39(37)43(30-14-8-3-9-15-30)36-21-16-32(25-40(36)44)29-12-6-2-7-13-29/h1-27H,51-55H2. The van der Waals surface area contributed by atoms with Gasteiger partial charge in [0.2, 0.25) is 0 Å². The fourth-order valence-electron chi connectivity index (χ4n) is 9.10. The Labute approximate surface area is 332 Å². The van der Waals surface area contributed by atoms with Gasteiger partial charge in [-0.1, -0.05) is 138 Å². The highest BCUT2D eigenvalue weighted by Crippen LogP contribution is 2.47. The number of rotatable bonds is 5. The van der Waals surface area contributed by atoms with E-state index in [0.29, 0.717) is 0 Å². The molecule has 0 aliphatic heterocycles. The van der Waals surface area contributed by atoms with Crippen LogP contribution in [-0.4, -0.2) is 39.2 Å². The Morgan fingerprint density at radius 1 is 0.250 bits per heavy atom. The summed E-state index contributed by atoms with van der Waals surface area (Å²) in [5, 5.41) is 7.19. The molecule has 0 atom stereocenters. The van der Waals surface area contributed by atoms with Crippen molar-refractivity contribution in [3.8, 4) is 55.6 Å². The van der Waals surface area contributed by atoms with Crippen molar-refractivity contribution in [2.45, 2.75) is 0 Å². The van der Waals surface area contributed by atoms with E-state index >= 15 is 0 Å². The normalized spacial score (nSPS) is 11.6. The second-order valence-electron chi connectivity index (χ2n) is 15.4. The topological polar surface area (TPSA) is 13.1 Å². The summed E-state index contributed by atoms with van der Waals surface area (Å²) in [6.07, 6.45) is 0. The predicted molar refractivity (Wildman–Crippen MR) is 257 cm³/mol. The van der Waals surface area contributed by atoms with Gasteiger partial charge in [-0.15, -0.1) is 16.4 Å². The highest BCUT2D eigenvalue weighted by molar-refractivity contribution is 6.68. The van der Waals surface area contributed by atoms with Crippen molar-refractivity contribution in [1.29, 1.82) is 0 Å². The first-order valence-electron chi connectivity index (χ1n) is 19.6. The van der Waals surface area contributed by atoms with Crippen LogP contribution in [0.5, 0.6) is 0 Å². The molecule has 0 bridgehead atoms. The molecular weight excluding hydrogens is 671 g/mol. The van der Waals surface area contributed by atoms with Crippen LogP contribution >= 0.6 is 0 Å². The summed E-state index contributed by atoms with van der Waals surface area (Å²) in [5.41, 5.74) is 20.8. The SMILES string of the molecule is Bc1c(B)c(B)c(-c2ccc3c(c2)oc2ccc(-c4c5ccc(-c6ccccc6)cc5c(-c5ccccc5)c5ccc(-c6ccccc6)cc45)cc23)c(B)c1B. The monoisotopic (exact) mass is 708 g/mol. The molecule has 0 radical (unpaired) electrons.